The molecule has 5 heteroatoms. The number of para-hydroxylation sites is 1. The third-order valence-corrected chi connectivity index (χ3v) is 5.69. The van der Waals surface area contributed by atoms with Crippen LogP contribution in [0.3, 0.4) is 0 Å². The zero-order valence-electron chi connectivity index (χ0n) is 15.7. The van der Waals surface area contributed by atoms with Crippen molar-refractivity contribution in [3.63, 3.8) is 0 Å². The van der Waals surface area contributed by atoms with Crippen molar-refractivity contribution in [1.82, 2.24) is 15.1 Å². The number of carbonyl (C=O) groups excluding carboxylic acids is 1. The van der Waals surface area contributed by atoms with Crippen molar-refractivity contribution in [3.05, 3.63) is 83.2 Å². The van der Waals surface area contributed by atoms with Gasteiger partial charge in [0.25, 0.3) is 5.91 Å². The maximum absolute atomic E-state index is 12.8. The summed E-state index contributed by atoms with van der Waals surface area (Å²) < 4.78 is 7.92. The van der Waals surface area contributed by atoms with Crippen molar-refractivity contribution in [2.24, 2.45) is 0 Å². The molecule has 0 saturated heterocycles. The molecule has 1 N–H and O–H groups in total. The lowest BCUT2D eigenvalue weighted by Crippen LogP contribution is -2.40. The topological polar surface area (TPSA) is 56.2 Å². The predicted octanol–water partition coefficient (Wildman–Crippen LogP) is 3.43. The lowest BCUT2D eigenvalue weighted by atomic mass is 9.92. The van der Waals surface area contributed by atoms with E-state index in [9.17, 15) is 4.79 Å². The molecular formula is C23H23N3O2. The van der Waals surface area contributed by atoms with Crippen molar-refractivity contribution in [3.8, 4) is 5.75 Å². The first-order valence-electron chi connectivity index (χ1n) is 9.91. The second-order valence-corrected chi connectivity index (χ2v) is 7.56. The monoisotopic (exact) mass is 373 g/mol. The van der Waals surface area contributed by atoms with E-state index < -0.39 is 6.10 Å². The molecule has 1 aromatic heterocycles. The minimum Gasteiger partial charge on any atom is -0.480 e. The molecule has 5 nitrogen and oxygen atoms in total. The lowest BCUT2D eigenvalue weighted by molar-refractivity contribution is -0.128. The Balaban J connectivity index is 1.30. The molecule has 2 heterocycles. The van der Waals surface area contributed by atoms with Gasteiger partial charge in [-0.25, -0.2) is 0 Å². The highest BCUT2D eigenvalue weighted by atomic mass is 16.5. The molecule has 3 aromatic rings. The summed E-state index contributed by atoms with van der Waals surface area (Å²) >= 11 is 0. The van der Waals surface area contributed by atoms with Gasteiger partial charge >= 0.3 is 0 Å². The minimum atomic E-state index is -0.442. The van der Waals surface area contributed by atoms with Crippen LogP contribution in [0.25, 0.3) is 0 Å². The molecule has 0 saturated carbocycles. The summed E-state index contributed by atoms with van der Waals surface area (Å²) in [4.78, 5) is 12.8. The Morgan fingerprint density at radius 2 is 1.96 bits per heavy atom. The number of ether oxygens (including phenoxy) is 1. The molecule has 0 fully saturated rings. The van der Waals surface area contributed by atoms with Crippen LogP contribution in [-0.2, 0) is 24.2 Å². The van der Waals surface area contributed by atoms with Crippen molar-refractivity contribution in [1.29, 1.82) is 0 Å². The van der Waals surface area contributed by atoms with Crippen LogP contribution in [0.1, 0.15) is 41.3 Å². The number of rotatable bonds is 4. The fraction of sp³-hybridized carbons (Fsp3) is 0.304. The van der Waals surface area contributed by atoms with Gasteiger partial charge in [0.05, 0.1) is 18.8 Å². The fourth-order valence-electron chi connectivity index (χ4n) is 4.25. The van der Waals surface area contributed by atoms with Gasteiger partial charge in [-0.2, -0.15) is 5.10 Å². The number of amides is 1. The first kappa shape index (κ1) is 17.0. The molecule has 2 aliphatic rings. The summed E-state index contributed by atoms with van der Waals surface area (Å²) in [7, 11) is 0. The van der Waals surface area contributed by atoms with Gasteiger partial charge in [-0.15, -0.1) is 0 Å². The largest absolute Gasteiger partial charge is 0.480 e. The average molecular weight is 373 g/mol. The number of aromatic nitrogens is 2. The quantitative estimate of drug-likeness (QED) is 0.762. The van der Waals surface area contributed by atoms with Crippen LogP contribution in [0.2, 0.25) is 0 Å². The highest BCUT2D eigenvalue weighted by Gasteiger charge is 2.32. The second kappa shape index (κ2) is 7.15. The minimum absolute atomic E-state index is 0.00749. The summed E-state index contributed by atoms with van der Waals surface area (Å²) in [5, 5.41) is 7.83. The molecule has 28 heavy (non-hydrogen) atoms. The van der Waals surface area contributed by atoms with Crippen LogP contribution in [0.15, 0.2) is 60.8 Å². The Bertz CT molecular complexity index is 971. The van der Waals surface area contributed by atoms with Gasteiger partial charge in [-0.1, -0.05) is 48.5 Å². The SMILES string of the molecule is O=C(NC1CCCc2c1cnn2Cc1ccccc1)C1Cc2ccccc2O1. The Morgan fingerprint density at radius 3 is 2.82 bits per heavy atom. The van der Waals surface area contributed by atoms with Crippen LogP contribution in [0.5, 0.6) is 5.75 Å². The van der Waals surface area contributed by atoms with Gasteiger partial charge in [0.1, 0.15) is 5.75 Å². The lowest BCUT2D eigenvalue weighted by Gasteiger charge is -2.25. The molecule has 2 atom stereocenters. The van der Waals surface area contributed by atoms with Gasteiger partial charge in [0.2, 0.25) is 0 Å². The molecule has 0 bridgehead atoms. The van der Waals surface area contributed by atoms with Gasteiger partial charge in [-0.05, 0) is 36.5 Å². The third kappa shape index (κ3) is 3.17. The Labute approximate surface area is 164 Å². The highest BCUT2D eigenvalue weighted by molar-refractivity contribution is 5.83. The summed E-state index contributed by atoms with van der Waals surface area (Å²) in [6.45, 7) is 0.762. The first-order chi connectivity index (χ1) is 13.8. The van der Waals surface area contributed by atoms with E-state index in [2.05, 4.69) is 27.2 Å². The number of nitrogens with one attached hydrogen (secondary N) is 1. The summed E-state index contributed by atoms with van der Waals surface area (Å²) in [5.41, 5.74) is 4.71. The van der Waals surface area contributed by atoms with E-state index in [4.69, 9.17) is 4.74 Å². The van der Waals surface area contributed by atoms with E-state index in [0.717, 1.165) is 42.7 Å². The number of benzene rings is 2. The maximum atomic E-state index is 12.8. The number of carbonyl (C=O) groups is 1. The Morgan fingerprint density at radius 1 is 1.14 bits per heavy atom. The third-order valence-electron chi connectivity index (χ3n) is 5.69. The van der Waals surface area contributed by atoms with E-state index in [0.29, 0.717) is 6.42 Å². The van der Waals surface area contributed by atoms with Crippen LogP contribution < -0.4 is 10.1 Å². The van der Waals surface area contributed by atoms with Crippen molar-refractivity contribution in [2.75, 3.05) is 0 Å². The van der Waals surface area contributed by atoms with E-state index in [1.165, 1.54) is 11.3 Å². The van der Waals surface area contributed by atoms with E-state index in [1.54, 1.807) is 0 Å². The molecule has 2 aromatic carbocycles. The molecule has 1 aliphatic carbocycles. The Kier molecular flexibility index (Phi) is 4.35. The van der Waals surface area contributed by atoms with Gasteiger partial charge in [0.15, 0.2) is 6.10 Å². The zero-order chi connectivity index (χ0) is 18.9. The van der Waals surface area contributed by atoms with E-state index >= 15 is 0 Å². The highest BCUT2D eigenvalue weighted by Crippen LogP contribution is 2.32. The van der Waals surface area contributed by atoms with E-state index in [-0.39, 0.29) is 11.9 Å². The maximum Gasteiger partial charge on any atom is 0.261 e. The first-order valence-corrected chi connectivity index (χ1v) is 9.91. The van der Waals surface area contributed by atoms with Crippen molar-refractivity contribution < 1.29 is 9.53 Å². The molecule has 1 aliphatic heterocycles. The summed E-state index contributed by atoms with van der Waals surface area (Å²) in [6, 6.07) is 18.2. The fourth-order valence-corrected chi connectivity index (χ4v) is 4.25. The smallest absolute Gasteiger partial charge is 0.261 e. The molecule has 0 radical (unpaired) electrons. The molecule has 1 amide bonds. The normalized spacial score (nSPS) is 20.1. The van der Waals surface area contributed by atoms with Crippen molar-refractivity contribution in [2.45, 2.75) is 44.4 Å². The van der Waals surface area contributed by atoms with E-state index in [1.807, 2.05) is 48.7 Å². The summed E-state index contributed by atoms with van der Waals surface area (Å²) in [5.74, 6) is 0.785. The van der Waals surface area contributed by atoms with Crippen LogP contribution in [0.4, 0.5) is 0 Å². The average Bonchev–Trinajstić information content (AvgIpc) is 3.34. The van der Waals surface area contributed by atoms with Crippen molar-refractivity contribution >= 4 is 5.91 Å². The number of hydrogen-bond donors (Lipinski definition) is 1. The van der Waals surface area contributed by atoms with Gasteiger partial charge in [0, 0.05) is 17.7 Å². The number of fused-ring (bicyclic) bond motifs is 2. The Hall–Kier alpha value is -3.08. The molecule has 142 valence electrons. The molecule has 0 spiro atoms. The second-order valence-electron chi connectivity index (χ2n) is 7.56. The van der Waals surface area contributed by atoms with Crippen LogP contribution in [-0.4, -0.2) is 21.8 Å². The molecule has 2 unspecified atom stereocenters. The van der Waals surface area contributed by atoms with Gasteiger partial charge in [-0.3, -0.25) is 9.48 Å². The van der Waals surface area contributed by atoms with Crippen LogP contribution >= 0.6 is 0 Å². The number of hydrogen-bond acceptors (Lipinski definition) is 3. The standard InChI is InChI=1S/C23H23N3O2/c27-23(22-13-17-9-4-5-12-21(17)28-22)25-19-10-6-11-20-18(19)14-24-26(20)15-16-7-2-1-3-8-16/h1-5,7-9,12,14,19,22H,6,10-11,13,15H2,(H,25,27). The van der Waals surface area contributed by atoms with Gasteiger partial charge < -0.3 is 10.1 Å². The number of nitrogens with zero attached hydrogens (tertiary/aromatic N) is 2. The zero-order valence-corrected chi connectivity index (χ0v) is 15.7. The summed E-state index contributed by atoms with van der Waals surface area (Å²) in [6.07, 6.45) is 5.10. The predicted molar refractivity (Wildman–Crippen MR) is 106 cm³/mol. The van der Waals surface area contributed by atoms with Crippen LogP contribution in [0, 0.1) is 0 Å². The molecule has 5 rings (SSSR count). The molecular weight excluding hydrogens is 350 g/mol.